The Bertz CT molecular complexity index is 862. The average Bonchev–Trinajstić information content (AvgIpc) is 2.71. The Balaban J connectivity index is 1.48. The molecule has 0 spiro atoms. The van der Waals surface area contributed by atoms with Gasteiger partial charge in [0, 0.05) is 17.0 Å². The number of likely N-dealkylation sites (tertiary alicyclic amines) is 1. The molecule has 3 heteroatoms. The Morgan fingerprint density at radius 1 is 1.11 bits per heavy atom. The van der Waals surface area contributed by atoms with Crippen LogP contribution in [-0.4, -0.2) is 34.9 Å². The summed E-state index contributed by atoms with van der Waals surface area (Å²) in [5.74, 6) is 1.24. The number of ketones is 1. The van der Waals surface area contributed by atoms with Gasteiger partial charge in [0.05, 0.1) is 6.54 Å². The average molecular weight is 361 g/mol. The summed E-state index contributed by atoms with van der Waals surface area (Å²) in [6, 6.07) is 16.1. The number of phenolic OH excluding ortho intramolecular Hbond substituents is 1. The molecule has 1 saturated heterocycles. The molecule has 2 aromatic carbocycles. The summed E-state index contributed by atoms with van der Waals surface area (Å²) in [5.41, 5.74) is 3.81. The number of carbonyl (C=O) groups is 1. The van der Waals surface area contributed by atoms with Gasteiger partial charge in [-0.3, -0.25) is 9.69 Å². The fourth-order valence-corrected chi connectivity index (χ4v) is 6.17. The van der Waals surface area contributed by atoms with Gasteiger partial charge < -0.3 is 5.11 Å². The lowest BCUT2D eigenvalue weighted by Gasteiger charge is -2.59. The third-order valence-corrected chi connectivity index (χ3v) is 7.38. The monoisotopic (exact) mass is 361 g/mol. The quantitative estimate of drug-likeness (QED) is 0.827. The second-order valence-electron chi connectivity index (χ2n) is 8.63. The number of aromatic hydroxyl groups is 1. The largest absolute Gasteiger partial charge is 0.508 e. The van der Waals surface area contributed by atoms with E-state index in [9.17, 15) is 9.90 Å². The molecule has 2 aromatic rings. The summed E-state index contributed by atoms with van der Waals surface area (Å²) in [5, 5.41) is 10.1. The van der Waals surface area contributed by atoms with Gasteiger partial charge in [0.15, 0.2) is 5.78 Å². The van der Waals surface area contributed by atoms with Gasteiger partial charge in [-0.05, 0) is 61.4 Å². The standard InChI is InChI=1S/C24H27NO2/c26-19-10-9-18-14-22-20-8-4-5-11-24(20,21(18)15-19)12-13-25(22)16-23(27)17-6-2-1-3-7-17/h1-3,6-7,9-10,15,20,22,26H,4-5,8,11-14,16H2/t20-,22+,24+/m0/s1. The van der Waals surface area contributed by atoms with Crippen molar-refractivity contribution in [3.63, 3.8) is 0 Å². The maximum absolute atomic E-state index is 12.8. The topological polar surface area (TPSA) is 40.5 Å². The van der Waals surface area contributed by atoms with Crippen molar-refractivity contribution in [2.45, 2.75) is 50.0 Å². The van der Waals surface area contributed by atoms with Crippen LogP contribution in [0.15, 0.2) is 48.5 Å². The molecular weight excluding hydrogens is 334 g/mol. The van der Waals surface area contributed by atoms with Crippen molar-refractivity contribution >= 4 is 5.78 Å². The van der Waals surface area contributed by atoms with Crippen LogP contribution in [0.1, 0.15) is 53.6 Å². The van der Waals surface area contributed by atoms with Crippen molar-refractivity contribution in [3.8, 4) is 5.75 Å². The van der Waals surface area contributed by atoms with E-state index in [-0.39, 0.29) is 11.2 Å². The first-order valence-corrected chi connectivity index (χ1v) is 10.3. The third kappa shape index (κ3) is 2.71. The molecule has 3 atom stereocenters. The van der Waals surface area contributed by atoms with Gasteiger partial charge >= 0.3 is 0 Å². The van der Waals surface area contributed by atoms with E-state index in [1.165, 1.54) is 36.8 Å². The first-order chi connectivity index (χ1) is 13.2. The molecule has 2 aliphatic carbocycles. The zero-order valence-electron chi connectivity index (χ0n) is 15.7. The van der Waals surface area contributed by atoms with Crippen molar-refractivity contribution in [3.05, 3.63) is 65.2 Å². The summed E-state index contributed by atoms with van der Waals surface area (Å²) in [6.07, 6.45) is 7.15. The highest BCUT2D eigenvalue weighted by Crippen LogP contribution is 2.56. The van der Waals surface area contributed by atoms with E-state index < -0.39 is 0 Å². The number of nitrogens with zero attached hydrogens (tertiary/aromatic N) is 1. The molecule has 0 unspecified atom stereocenters. The number of piperidine rings is 1. The van der Waals surface area contributed by atoms with Gasteiger partial charge in [0.25, 0.3) is 0 Å². The van der Waals surface area contributed by atoms with Crippen molar-refractivity contribution < 1.29 is 9.90 Å². The van der Waals surface area contributed by atoms with E-state index in [1.807, 2.05) is 42.5 Å². The van der Waals surface area contributed by atoms with E-state index in [0.29, 0.717) is 24.3 Å². The second kappa shape index (κ2) is 6.49. The van der Waals surface area contributed by atoms with E-state index >= 15 is 0 Å². The first-order valence-electron chi connectivity index (χ1n) is 10.3. The molecule has 0 aromatic heterocycles. The number of Topliss-reactive ketones (excluding diaryl/α,β-unsaturated/α-hetero) is 1. The lowest BCUT2D eigenvalue weighted by Crippen LogP contribution is -2.61. The first kappa shape index (κ1) is 17.0. The zero-order valence-corrected chi connectivity index (χ0v) is 15.7. The lowest BCUT2D eigenvalue weighted by molar-refractivity contribution is -0.00848. The Labute approximate surface area is 161 Å². The van der Waals surface area contributed by atoms with Crippen LogP contribution >= 0.6 is 0 Å². The van der Waals surface area contributed by atoms with Crippen molar-refractivity contribution in [2.75, 3.05) is 13.1 Å². The van der Waals surface area contributed by atoms with Crippen molar-refractivity contribution in [1.29, 1.82) is 0 Å². The van der Waals surface area contributed by atoms with Gasteiger partial charge in [-0.1, -0.05) is 49.2 Å². The minimum absolute atomic E-state index is 0.210. The predicted octanol–water partition coefficient (Wildman–Crippen LogP) is 4.33. The molecule has 1 N–H and O–H groups in total. The number of carbonyl (C=O) groups excluding carboxylic acids is 1. The van der Waals surface area contributed by atoms with Crippen LogP contribution in [0.4, 0.5) is 0 Å². The van der Waals surface area contributed by atoms with Crippen LogP contribution < -0.4 is 0 Å². The second-order valence-corrected chi connectivity index (χ2v) is 8.63. The van der Waals surface area contributed by atoms with Gasteiger partial charge in [-0.25, -0.2) is 0 Å². The molecule has 2 bridgehead atoms. The molecule has 0 radical (unpaired) electrons. The highest BCUT2D eigenvalue weighted by atomic mass is 16.3. The fraction of sp³-hybridized carbons (Fsp3) is 0.458. The fourth-order valence-electron chi connectivity index (χ4n) is 6.17. The van der Waals surface area contributed by atoms with Crippen LogP contribution in [-0.2, 0) is 11.8 Å². The summed E-state index contributed by atoms with van der Waals surface area (Å²) in [4.78, 5) is 15.3. The van der Waals surface area contributed by atoms with Crippen LogP contribution in [0, 0.1) is 5.92 Å². The number of hydrogen-bond donors (Lipinski definition) is 1. The Morgan fingerprint density at radius 2 is 1.96 bits per heavy atom. The predicted molar refractivity (Wildman–Crippen MR) is 106 cm³/mol. The molecule has 3 nitrogen and oxygen atoms in total. The minimum Gasteiger partial charge on any atom is -0.508 e. The zero-order chi connectivity index (χ0) is 18.4. The van der Waals surface area contributed by atoms with E-state index in [0.717, 1.165) is 24.9 Å². The maximum Gasteiger partial charge on any atom is 0.176 e. The lowest BCUT2D eigenvalue weighted by atomic mass is 9.52. The molecule has 3 aliphatic rings. The molecule has 1 aliphatic heterocycles. The Hall–Kier alpha value is -2.13. The number of fused-ring (bicyclic) bond motifs is 1. The van der Waals surface area contributed by atoms with Gasteiger partial charge in [-0.2, -0.15) is 0 Å². The number of phenols is 1. The van der Waals surface area contributed by atoms with E-state index in [4.69, 9.17) is 0 Å². The minimum atomic E-state index is 0.210. The molecule has 0 amide bonds. The van der Waals surface area contributed by atoms with Crippen LogP contribution in [0.25, 0.3) is 0 Å². The molecule has 1 saturated carbocycles. The molecule has 2 fully saturated rings. The normalized spacial score (nSPS) is 29.6. The Kier molecular flexibility index (Phi) is 4.08. The molecule has 5 rings (SSSR count). The third-order valence-electron chi connectivity index (χ3n) is 7.38. The summed E-state index contributed by atoms with van der Waals surface area (Å²) in [7, 11) is 0. The van der Waals surface area contributed by atoms with Gasteiger partial charge in [0.1, 0.15) is 5.75 Å². The molecular formula is C24H27NO2. The highest BCUT2D eigenvalue weighted by molar-refractivity contribution is 5.97. The maximum atomic E-state index is 12.8. The SMILES string of the molecule is O=C(CN1CC[C@]23CCCC[C@H]2[C@H]1Cc1ccc(O)cc13)c1ccccc1. The van der Waals surface area contributed by atoms with Gasteiger partial charge in [-0.15, -0.1) is 0 Å². The summed E-state index contributed by atoms with van der Waals surface area (Å²) in [6.45, 7) is 1.50. The molecule has 140 valence electrons. The van der Waals surface area contributed by atoms with Crippen LogP contribution in [0.3, 0.4) is 0 Å². The molecule has 27 heavy (non-hydrogen) atoms. The van der Waals surface area contributed by atoms with Crippen molar-refractivity contribution in [1.82, 2.24) is 4.90 Å². The Morgan fingerprint density at radius 3 is 2.81 bits per heavy atom. The number of rotatable bonds is 3. The van der Waals surface area contributed by atoms with Crippen LogP contribution in [0.2, 0.25) is 0 Å². The number of benzene rings is 2. The summed E-state index contributed by atoms with van der Waals surface area (Å²) >= 11 is 0. The highest BCUT2D eigenvalue weighted by Gasteiger charge is 2.53. The summed E-state index contributed by atoms with van der Waals surface area (Å²) < 4.78 is 0. The van der Waals surface area contributed by atoms with Gasteiger partial charge in [0.2, 0.25) is 0 Å². The van der Waals surface area contributed by atoms with E-state index in [2.05, 4.69) is 11.0 Å². The van der Waals surface area contributed by atoms with Crippen LogP contribution in [0.5, 0.6) is 5.75 Å². The molecule has 1 heterocycles. The van der Waals surface area contributed by atoms with E-state index in [1.54, 1.807) is 0 Å². The number of hydrogen-bond acceptors (Lipinski definition) is 3. The smallest absolute Gasteiger partial charge is 0.176 e. The van der Waals surface area contributed by atoms with Crippen molar-refractivity contribution in [2.24, 2.45) is 5.92 Å².